The van der Waals surface area contributed by atoms with Crippen LogP contribution in [0.15, 0.2) is 36.5 Å². The third-order valence-electron chi connectivity index (χ3n) is 4.24. The van der Waals surface area contributed by atoms with E-state index in [0.29, 0.717) is 10.7 Å². The molecule has 5 nitrogen and oxygen atoms in total. The maximum Gasteiger partial charge on any atom is 0.274 e. The summed E-state index contributed by atoms with van der Waals surface area (Å²) in [5.41, 5.74) is 1.19. The van der Waals surface area contributed by atoms with Gasteiger partial charge < -0.3 is 10.0 Å². The van der Waals surface area contributed by atoms with Crippen LogP contribution in [-0.4, -0.2) is 44.9 Å². The molecule has 2 aromatic rings. The van der Waals surface area contributed by atoms with Crippen LogP contribution in [0, 0.1) is 0 Å². The number of hydrogen-bond donors (Lipinski definition) is 1. The van der Waals surface area contributed by atoms with Gasteiger partial charge in [-0.25, -0.2) is 4.68 Å². The van der Waals surface area contributed by atoms with Gasteiger partial charge in [0, 0.05) is 25.4 Å². The Balaban J connectivity index is 1.77. The van der Waals surface area contributed by atoms with E-state index in [1.165, 1.54) is 0 Å². The first-order valence-electron chi connectivity index (χ1n) is 7.93. The van der Waals surface area contributed by atoms with Crippen LogP contribution in [0.1, 0.15) is 36.2 Å². The highest BCUT2D eigenvalue weighted by Gasteiger charge is 2.30. The number of carbonyl (C=O) groups is 1. The number of rotatable bonds is 5. The molecular formula is C17H20ClN3O2. The Labute approximate surface area is 140 Å². The molecular weight excluding hydrogens is 314 g/mol. The van der Waals surface area contributed by atoms with Crippen molar-refractivity contribution in [2.75, 3.05) is 13.2 Å². The third kappa shape index (κ3) is 3.41. The molecule has 1 atom stereocenters. The van der Waals surface area contributed by atoms with Crippen molar-refractivity contribution >= 4 is 17.5 Å². The van der Waals surface area contributed by atoms with Gasteiger partial charge in [0.15, 0.2) is 5.69 Å². The lowest BCUT2D eigenvalue weighted by Gasteiger charge is -2.23. The number of amides is 1. The summed E-state index contributed by atoms with van der Waals surface area (Å²) >= 11 is 6.18. The fourth-order valence-electron chi connectivity index (χ4n) is 3.09. The number of carbonyl (C=O) groups excluding carboxylic acids is 1. The maximum atomic E-state index is 12.7. The lowest BCUT2D eigenvalue weighted by Crippen LogP contribution is -2.36. The summed E-state index contributed by atoms with van der Waals surface area (Å²) in [7, 11) is 0. The monoisotopic (exact) mass is 333 g/mol. The average Bonchev–Trinajstić information content (AvgIpc) is 3.22. The van der Waals surface area contributed by atoms with E-state index in [1.807, 2.05) is 23.1 Å². The first-order valence-corrected chi connectivity index (χ1v) is 8.31. The van der Waals surface area contributed by atoms with Crippen molar-refractivity contribution < 1.29 is 9.90 Å². The van der Waals surface area contributed by atoms with Crippen molar-refractivity contribution in [3.63, 3.8) is 0 Å². The van der Waals surface area contributed by atoms with Crippen LogP contribution in [0.2, 0.25) is 5.02 Å². The lowest BCUT2D eigenvalue weighted by atomic mass is 10.1. The van der Waals surface area contributed by atoms with Crippen LogP contribution in [-0.2, 0) is 0 Å². The lowest BCUT2D eigenvalue weighted by molar-refractivity contribution is 0.0718. The van der Waals surface area contributed by atoms with Crippen LogP contribution in [0.4, 0.5) is 0 Å². The summed E-state index contributed by atoms with van der Waals surface area (Å²) in [6.45, 7) is 0.924. The second kappa shape index (κ2) is 7.15. The van der Waals surface area contributed by atoms with E-state index < -0.39 is 0 Å². The second-order valence-corrected chi connectivity index (χ2v) is 6.16. The number of aliphatic hydroxyl groups is 1. The van der Waals surface area contributed by atoms with E-state index in [9.17, 15) is 4.79 Å². The molecule has 3 rings (SSSR count). The minimum Gasteiger partial charge on any atom is -0.396 e. The first-order chi connectivity index (χ1) is 11.2. The number of nitrogens with zero attached hydrogens (tertiary/aromatic N) is 3. The van der Waals surface area contributed by atoms with Crippen molar-refractivity contribution in [3.05, 3.63) is 47.2 Å². The first kappa shape index (κ1) is 16.0. The molecule has 2 heterocycles. The Morgan fingerprint density at radius 3 is 2.96 bits per heavy atom. The molecule has 1 fully saturated rings. The molecule has 1 saturated heterocycles. The fourth-order valence-corrected chi connectivity index (χ4v) is 3.31. The molecule has 0 saturated carbocycles. The summed E-state index contributed by atoms with van der Waals surface area (Å²) in [6, 6.07) is 9.34. The molecule has 1 aromatic carbocycles. The molecule has 1 unspecified atom stereocenters. The predicted molar refractivity (Wildman–Crippen MR) is 89.0 cm³/mol. The smallest absolute Gasteiger partial charge is 0.274 e. The fraction of sp³-hybridized carbons (Fsp3) is 0.412. The van der Waals surface area contributed by atoms with Crippen molar-refractivity contribution in [1.82, 2.24) is 14.7 Å². The highest BCUT2D eigenvalue weighted by Crippen LogP contribution is 2.24. The molecule has 1 aliphatic heterocycles. The van der Waals surface area contributed by atoms with Gasteiger partial charge in [-0.05, 0) is 43.9 Å². The number of benzene rings is 1. The van der Waals surface area contributed by atoms with Crippen LogP contribution >= 0.6 is 11.6 Å². The molecule has 23 heavy (non-hydrogen) atoms. The average molecular weight is 334 g/mol. The van der Waals surface area contributed by atoms with E-state index in [2.05, 4.69) is 5.10 Å². The van der Waals surface area contributed by atoms with Gasteiger partial charge in [0.05, 0.1) is 10.7 Å². The van der Waals surface area contributed by atoms with Crippen molar-refractivity contribution in [3.8, 4) is 5.69 Å². The van der Waals surface area contributed by atoms with Gasteiger partial charge in [0.25, 0.3) is 5.91 Å². The minimum absolute atomic E-state index is 0.0451. The van der Waals surface area contributed by atoms with E-state index >= 15 is 0 Å². The van der Waals surface area contributed by atoms with E-state index in [1.54, 1.807) is 23.0 Å². The van der Waals surface area contributed by atoms with Gasteiger partial charge >= 0.3 is 0 Å². The zero-order valence-electron chi connectivity index (χ0n) is 12.9. The Hall–Kier alpha value is -1.85. The number of para-hydroxylation sites is 1. The maximum absolute atomic E-state index is 12.7. The van der Waals surface area contributed by atoms with E-state index in [-0.39, 0.29) is 18.6 Å². The van der Waals surface area contributed by atoms with Gasteiger partial charge in [0.2, 0.25) is 0 Å². The molecule has 1 aliphatic rings. The summed E-state index contributed by atoms with van der Waals surface area (Å²) in [5.74, 6) is -0.0451. The summed E-state index contributed by atoms with van der Waals surface area (Å²) < 4.78 is 1.63. The molecule has 1 amide bonds. The normalized spacial score (nSPS) is 17.7. The molecule has 122 valence electrons. The summed E-state index contributed by atoms with van der Waals surface area (Å²) in [5, 5.41) is 14.0. The van der Waals surface area contributed by atoms with Gasteiger partial charge in [-0.1, -0.05) is 23.7 Å². The Kier molecular flexibility index (Phi) is 4.98. The molecule has 1 aromatic heterocycles. The number of hydrogen-bond acceptors (Lipinski definition) is 3. The van der Waals surface area contributed by atoms with Crippen molar-refractivity contribution in [2.24, 2.45) is 0 Å². The molecule has 0 bridgehead atoms. The van der Waals surface area contributed by atoms with E-state index in [4.69, 9.17) is 16.7 Å². The zero-order chi connectivity index (χ0) is 16.2. The SMILES string of the molecule is O=C(c1ccn(-c2ccccc2Cl)n1)N1CCCC1CCCO. The van der Waals surface area contributed by atoms with E-state index in [0.717, 1.165) is 37.9 Å². The number of likely N-dealkylation sites (tertiary alicyclic amines) is 1. The Bertz CT molecular complexity index is 686. The standard InChI is InChI=1S/C17H20ClN3O2/c18-14-7-1-2-8-16(14)21-11-9-15(19-21)17(23)20-10-3-5-13(20)6-4-12-22/h1-2,7-9,11,13,22H,3-6,10,12H2. The summed E-state index contributed by atoms with van der Waals surface area (Å²) in [4.78, 5) is 14.6. The quantitative estimate of drug-likeness (QED) is 0.915. The van der Waals surface area contributed by atoms with Gasteiger partial charge in [0.1, 0.15) is 0 Å². The van der Waals surface area contributed by atoms with Gasteiger partial charge in [-0.2, -0.15) is 5.10 Å². The zero-order valence-corrected chi connectivity index (χ0v) is 13.6. The van der Waals surface area contributed by atoms with Crippen molar-refractivity contribution in [2.45, 2.75) is 31.7 Å². The second-order valence-electron chi connectivity index (χ2n) is 5.76. The van der Waals surface area contributed by atoms with Crippen LogP contribution in [0.5, 0.6) is 0 Å². The molecule has 0 aliphatic carbocycles. The predicted octanol–water partition coefficient (Wildman–Crippen LogP) is 2.90. The molecule has 0 spiro atoms. The van der Waals surface area contributed by atoms with Crippen LogP contribution in [0.3, 0.4) is 0 Å². The molecule has 1 N–H and O–H groups in total. The number of aromatic nitrogens is 2. The Morgan fingerprint density at radius 2 is 2.17 bits per heavy atom. The minimum atomic E-state index is -0.0451. The Morgan fingerprint density at radius 1 is 1.35 bits per heavy atom. The largest absolute Gasteiger partial charge is 0.396 e. The van der Waals surface area contributed by atoms with Crippen LogP contribution in [0.25, 0.3) is 5.69 Å². The topological polar surface area (TPSA) is 58.4 Å². The van der Waals surface area contributed by atoms with Gasteiger partial charge in [-0.15, -0.1) is 0 Å². The summed E-state index contributed by atoms with van der Waals surface area (Å²) in [6.07, 6.45) is 5.33. The number of aliphatic hydroxyl groups excluding tert-OH is 1. The highest BCUT2D eigenvalue weighted by molar-refractivity contribution is 6.32. The van der Waals surface area contributed by atoms with Crippen LogP contribution < -0.4 is 0 Å². The third-order valence-corrected chi connectivity index (χ3v) is 4.56. The molecule has 6 heteroatoms. The highest BCUT2D eigenvalue weighted by atomic mass is 35.5. The number of halogens is 1. The van der Waals surface area contributed by atoms with Gasteiger partial charge in [-0.3, -0.25) is 4.79 Å². The molecule has 0 radical (unpaired) electrons. The van der Waals surface area contributed by atoms with Crippen molar-refractivity contribution in [1.29, 1.82) is 0 Å².